The molecule has 0 bridgehead atoms. The third-order valence-electron chi connectivity index (χ3n) is 4.37. The molecule has 0 aliphatic rings. The first-order valence-electron chi connectivity index (χ1n) is 9.76. The normalized spacial score (nSPS) is 11.5. The van der Waals surface area contributed by atoms with Gasteiger partial charge in [0.15, 0.2) is 23.0 Å². The summed E-state index contributed by atoms with van der Waals surface area (Å²) < 4.78 is 24.9. The van der Waals surface area contributed by atoms with Gasteiger partial charge in [-0.3, -0.25) is 4.79 Å². The van der Waals surface area contributed by atoms with Crippen LogP contribution in [0.2, 0.25) is 0 Å². The van der Waals surface area contributed by atoms with Gasteiger partial charge in [0.2, 0.25) is 0 Å². The third-order valence-corrected chi connectivity index (χ3v) is 5.12. The Bertz CT molecular complexity index is 904. The molecule has 0 spiro atoms. The number of hydrogen-bond donors (Lipinski definition) is 0. The second kappa shape index (κ2) is 11.0. The van der Waals surface area contributed by atoms with E-state index in [4.69, 9.17) is 9.47 Å². The molecule has 0 atom stereocenters. The average Bonchev–Trinajstić information content (AvgIpc) is 2.73. The van der Waals surface area contributed by atoms with Gasteiger partial charge in [0.1, 0.15) is 0 Å². The number of esters is 1. The molecular weight excluding hydrogens is 403 g/mol. The second-order valence-corrected chi connectivity index (χ2v) is 8.01. The Hall–Kier alpha value is -2.60. The van der Waals surface area contributed by atoms with Crippen LogP contribution in [0.5, 0.6) is 5.75 Å². The van der Waals surface area contributed by atoms with Crippen molar-refractivity contribution in [3.8, 4) is 5.75 Å². The van der Waals surface area contributed by atoms with Crippen LogP contribution in [-0.4, -0.2) is 30.2 Å². The van der Waals surface area contributed by atoms with E-state index in [1.165, 1.54) is 26.0 Å². The minimum atomic E-state index is -1.28. The molecular formula is C24H27FO4S. The number of benzene rings is 2. The molecule has 2 rings (SSSR count). The number of aryl methyl sites for hydroxylation is 1. The average molecular weight is 431 g/mol. The van der Waals surface area contributed by atoms with Gasteiger partial charge in [-0.15, -0.1) is 11.8 Å². The summed E-state index contributed by atoms with van der Waals surface area (Å²) in [5.74, 6) is -1.15. The van der Waals surface area contributed by atoms with E-state index >= 15 is 0 Å². The zero-order valence-corrected chi connectivity index (χ0v) is 18.6. The summed E-state index contributed by atoms with van der Waals surface area (Å²) in [7, 11) is 0. The van der Waals surface area contributed by atoms with Crippen LogP contribution in [0.4, 0.5) is 4.39 Å². The van der Waals surface area contributed by atoms with Crippen molar-refractivity contribution < 1.29 is 23.5 Å². The van der Waals surface area contributed by atoms with E-state index in [-0.39, 0.29) is 18.1 Å². The van der Waals surface area contributed by atoms with E-state index < -0.39 is 17.4 Å². The minimum absolute atomic E-state index is 0.00351. The van der Waals surface area contributed by atoms with Gasteiger partial charge in [-0.05, 0) is 87.9 Å². The summed E-state index contributed by atoms with van der Waals surface area (Å²) in [6.45, 7) is 5.00. The molecule has 0 unspecified atom stereocenters. The Morgan fingerprint density at radius 2 is 1.83 bits per heavy atom. The lowest BCUT2D eigenvalue weighted by Crippen LogP contribution is -2.40. The standard InChI is InChI=1S/C24H27FO4S/c1-5-28-23(27)24(2,3)29-22-15-10-17(16-20(22)25)8-6-7-9-21(26)18-11-13-19(30-4)14-12-18/h7,9-16H,5-6,8H2,1-4H3/b9-7+. The largest absolute Gasteiger partial charge is 0.473 e. The van der Waals surface area contributed by atoms with Crippen LogP contribution in [-0.2, 0) is 16.0 Å². The molecule has 2 aromatic rings. The summed E-state index contributed by atoms with van der Waals surface area (Å²) in [5.41, 5.74) is 0.131. The van der Waals surface area contributed by atoms with Crippen molar-refractivity contribution in [2.45, 2.75) is 44.1 Å². The highest BCUT2D eigenvalue weighted by molar-refractivity contribution is 7.98. The van der Waals surface area contributed by atoms with Gasteiger partial charge < -0.3 is 9.47 Å². The SMILES string of the molecule is CCOC(=O)C(C)(C)Oc1ccc(CC/C=C/C(=O)c2ccc(SC)cc2)cc1F. The van der Waals surface area contributed by atoms with Crippen LogP contribution < -0.4 is 4.74 Å². The first-order chi connectivity index (χ1) is 14.3. The third kappa shape index (κ3) is 6.73. The second-order valence-electron chi connectivity index (χ2n) is 7.13. The smallest absolute Gasteiger partial charge is 0.349 e. The van der Waals surface area contributed by atoms with E-state index in [1.807, 2.05) is 30.5 Å². The molecule has 160 valence electrons. The van der Waals surface area contributed by atoms with E-state index in [0.29, 0.717) is 18.4 Å². The summed E-state index contributed by atoms with van der Waals surface area (Å²) in [4.78, 5) is 25.2. The fourth-order valence-electron chi connectivity index (χ4n) is 2.70. The first-order valence-corrected chi connectivity index (χ1v) is 11.0. The summed E-state index contributed by atoms with van der Waals surface area (Å²) in [6.07, 6.45) is 6.50. The molecule has 0 aliphatic carbocycles. The Balaban J connectivity index is 1.91. The van der Waals surface area contributed by atoms with Crippen molar-refractivity contribution in [3.63, 3.8) is 0 Å². The molecule has 4 nitrogen and oxygen atoms in total. The molecule has 0 fully saturated rings. The number of hydrogen-bond acceptors (Lipinski definition) is 5. The summed E-state index contributed by atoms with van der Waals surface area (Å²) in [6, 6.07) is 12.1. The lowest BCUT2D eigenvalue weighted by Gasteiger charge is -2.24. The predicted molar refractivity (Wildman–Crippen MR) is 118 cm³/mol. The van der Waals surface area contributed by atoms with E-state index in [9.17, 15) is 14.0 Å². The Kier molecular flexibility index (Phi) is 8.66. The van der Waals surface area contributed by atoms with Gasteiger partial charge in [0.25, 0.3) is 0 Å². The molecule has 6 heteroatoms. The van der Waals surface area contributed by atoms with Gasteiger partial charge in [0.05, 0.1) is 6.61 Å². The quantitative estimate of drug-likeness (QED) is 0.211. The highest BCUT2D eigenvalue weighted by Gasteiger charge is 2.32. The van der Waals surface area contributed by atoms with Crippen molar-refractivity contribution >= 4 is 23.5 Å². The predicted octanol–water partition coefficient (Wildman–Crippen LogP) is 5.64. The van der Waals surface area contributed by atoms with Crippen LogP contribution in [0.25, 0.3) is 0 Å². The molecule has 30 heavy (non-hydrogen) atoms. The lowest BCUT2D eigenvalue weighted by molar-refractivity contribution is -0.158. The molecule has 0 aromatic heterocycles. The van der Waals surface area contributed by atoms with Gasteiger partial charge in [0, 0.05) is 10.5 Å². The van der Waals surface area contributed by atoms with Gasteiger partial charge in [-0.1, -0.05) is 12.1 Å². The molecule has 0 amide bonds. The summed E-state index contributed by atoms with van der Waals surface area (Å²) >= 11 is 1.62. The minimum Gasteiger partial charge on any atom is -0.473 e. The van der Waals surface area contributed by atoms with E-state index in [2.05, 4.69) is 0 Å². The number of rotatable bonds is 10. The molecule has 2 aromatic carbocycles. The maximum atomic E-state index is 14.4. The molecule has 0 saturated carbocycles. The van der Waals surface area contributed by atoms with Crippen molar-refractivity contribution in [3.05, 3.63) is 71.6 Å². The number of ether oxygens (including phenoxy) is 2. The zero-order chi connectivity index (χ0) is 22.1. The van der Waals surface area contributed by atoms with Gasteiger partial charge in [-0.25, -0.2) is 9.18 Å². The van der Waals surface area contributed by atoms with Crippen molar-refractivity contribution in [1.82, 2.24) is 0 Å². The summed E-state index contributed by atoms with van der Waals surface area (Å²) in [5, 5.41) is 0. The molecule has 0 radical (unpaired) electrons. The monoisotopic (exact) mass is 430 g/mol. The van der Waals surface area contributed by atoms with Crippen molar-refractivity contribution in [1.29, 1.82) is 0 Å². The van der Waals surface area contributed by atoms with Crippen molar-refractivity contribution in [2.24, 2.45) is 0 Å². The van der Waals surface area contributed by atoms with Crippen molar-refractivity contribution in [2.75, 3.05) is 12.9 Å². The maximum absolute atomic E-state index is 14.4. The topological polar surface area (TPSA) is 52.6 Å². The van der Waals surface area contributed by atoms with Crippen LogP contribution in [0, 0.1) is 5.82 Å². The zero-order valence-electron chi connectivity index (χ0n) is 17.7. The van der Waals surface area contributed by atoms with E-state index in [0.717, 1.165) is 10.5 Å². The fourth-order valence-corrected chi connectivity index (χ4v) is 3.10. The van der Waals surface area contributed by atoms with Crippen LogP contribution in [0.3, 0.4) is 0 Å². The van der Waals surface area contributed by atoms with Gasteiger partial charge in [-0.2, -0.15) is 0 Å². The number of allylic oxidation sites excluding steroid dienone is 2. The van der Waals surface area contributed by atoms with Gasteiger partial charge >= 0.3 is 5.97 Å². The fraction of sp³-hybridized carbons (Fsp3) is 0.333. The Morgan fingerprint density at radius 3 is 2.43 bits per heavy atom. The molecule has 0 saturated heterocycles. The highest BCUT2D eigenvalue weighted by atomic mass is 32.2. The molecule has 0 heterocycles. The molecule has 0 aliphatic heterocycles. The van der Waals surface area contributed by atoms with E-state index in [1.54, 1.807) is 36.9 Å². The number of thioether (sulfide) groups is 1. The van der Waals surface area contributed by atoms with Crippen LogP contribution >= 0.6 is 11.8 Å². The Morgan fingerprint density at radius 1 is 1.13 bits per heavy atom. The maximum Gasteiger partial charge on any atom is 0.349 e. The van der Waals surface area contributed by atoms with Crippen LogP contribution in [0.15, 0.2) is 59.5 Å². The first kappa shape index (κ1) is 23.7. The number of carbonyl (C=O) groups is 2. The number of ketones is 1. The number of carbonyl (C=O) groups excluding carboxylic acids is 2. The Labute approximate surface area is 181 Å². The lowest BCUT2D eigenvalue weighted by atomic mass is 10.1. The highest BCUT2D eigenvalue weighted by Crippen LogP contribution is 2.24. The number of halogens is 1. The van der Waals surface area contributed by atoms with Crippen LogP contribution in [0.1, 0.15) is 43.1 Å². The molecule has 0 N–H and O–H groups in total.